The second-order valence-electron chi connectivity index (χ2n) is 3.56. The van der Waals surface area contributed by atoms with Crippen molar-refractivity contribution in [1.29, 1.82) is 0 Å². The zero-order valence-corrected chi connectivity index (χ0v) is 10.8. The normalized spacial score (nSPS) is 24.0. The summed E-state index contributed by atoms with van der Waals surface area (Å²) in [6, 6.07) is 0.254. The lowest BCUT2D eigenvalue weighted by atomic mass is 10.3. The third kappa shape index (κ3) is 4.51. The van der Waals surface area contributed by atoms with Crippen molar-refractivity contribution in [2.75, 3.05) is 25.4 Å². The Morgan fingerprint density at radius 3 is 2.73 bits per heavy atom. The Kier molecular flexibility index (Phi) is 6.43. The molecule has 0 bridgehead atoms. The van der Waals surface area contributed by atoms with Crippen molar-refractivity contribution in [1.82, 2.24) is 9.62 Å². The molecular formula is C9H19ClN2O2S. The van der Waals surface area contributed by atoms with Crippen LogP contribution in [-0.4, -0.2) is 44.2 Å². The monoisotopic (exact) mass is 254 g/mol. The number of piperazine rings is 1. The summed E-state index contributed by atoms with van der Waals surface area (Å²) in [5.74, 6) is 0.121. The average molecular weight is 255 g/mol. The smallest absolute Gasteiger partial charge is 0.217 e. The lowest BCUT2D eigenvalue weighted by molar-refractivity contribution is 0.311. The standard InChI is InChI=1S/C9H18N2O2S.ClH/c1-3-4-7-14(12,13)11-6-5-10-9(2)8-11;/h3-4,9-10H,5-8H2,1-2H3;1H/b4-3+;. The molecule has 1 heterocycles. The van der Waals surface area contributed by atoms with E-state index in [0.29, 0.717) is 13.1 Å². The van der Waals surface area contributed by atoms with Gasteiger partial charge in [-0.3, -0.25) is 0 Å². The Hall–Kier alpha value is -0.100. The van der Waals surface area contributed by atoms with Gasteiger partial charge in [-0.15, -0.1) is 12.4 Å². The van der Waals surface area contributed by atoms with Gasteiger partial charge in [-0.25, -0.2) is 8.42 Å². The number of nitrogens with one attached hydrogen (secondary N) is 1. The highest BCUT2D eigenvalue weighted by molar-refractivity contribution is 7.89. The van der Waals surface area contributed by atoms with Crippen LogP contribution in [0.2, 0.25) is 0 Å². The second-order valence-corrected chi connectivity index (χ2v) is 5.57. The number of rotatable bonds is 3. The van der Waals surface area contributed by atoms with Crippen molar-refractivity contribution < 1.29 is 8.42 Å². The van der Waals surface area contributed by atoms with Crippen LogP contribution >= 0.6 is 12.4 Å². The summed E-state index contributed by atoms with van der Waals surface area (Å²) in [5, 5.41) is 3.22. The van der Waals surface area contributed by atoms with Gasteiger partial charge in [-0.2, -0.15) is 4.31 Å². The fraction of sp³-hybridized carbons (Fsp3) is 0.778. The number of hydrogen-bond donors (Lipinski definition) is 1. The molecule has 1 atom stereocenters. The largest absolute Gasteiger partial charge is 0.312 e. The van der Waals surface area contributed by atoms with Crippen LogP contribution in [0.3, 0.4) is 0 Å². The Morgan fingerprint density at radius 2 is 2.20 bits per heavy atom. The van der Waals surface area contributed by atoms with Crippen molar-refractivity contribution in [3.63, 3.8) is 0 Å². The molecule has 15 heavy (non-hydrogen) atoms. The van der Waals surface area contributed by atoms with Crippen LogP contribution in [0.5, 0.6) is 0 Å². The maximum absolute atomic E-state index is 11.7. The third-order valence-electron chi connectivity index (χ3n) is 2.27. The lowest BCUT2D eigenvalue weighted by Crippen LogP contribution is -2.51. The maximum Gasteiger partial charge on any atom is 0.217 e. The topological polar surface area (TPSA) is 49.4 Å². The minimum absolute atomic E-state index is 0. The molecular weight excluding hydrogens is 236 g/mol. The summed E-state index contributed by atoms with van der Waals surface area (Å²) in [7, 11) is -3.07. The molecule has 6 heteroatoms. The Bertz CT molecular complexity index is 303. The van der Waals surface area contributed by atoms with Gasteiger partial charge in [0.25, 0.3) is 0 Å². The number of hydrogen-bond acceptors (Lipinski definition) is 3. The molecule has 0 amide bonds. The van der Waals surface area contributed by atoms with E-state index < -0.39 is 10.0 Å². The van der Waals surface area contributed by atoms with Crippen LogP contribution in [0.1, 0.15) is 13.8 Å². The molecule has 0 radical (unpaired) electrons. The van der Waals surface area contributed by atoms with E-state index in [9.17, 15) is 8.42 Å². The Morgan fingerprint density at radius 1 is 1.53 bits per heavy atom. The van der Waals surface area contributed by atoms with Crippen LogP contribution in [0.25, 0.3) is 0 Å². The van der Waals surface area contributed by atoms with Crippen LogP contribution in [0, 0.1) is 0 Å². The van der Waals surface area contributed by atoms with Gasteiger partial charge in [0.1, 0.15) is 0 Å². The highest BCUT2D eigenvalue weighted by Crippen LogP contribution is 2.06. The first-order valence-electron chi connectivity index (χ1n) is 4.88. The first-order valence-corrected chi connectivity index (χ1v) is 6.49. The zero-order valence-electron chi connectivity index (χ0n) is 9.14. The highest BCUT2D eigenvalue weighted by Gasteiger charge is 2.25. The number of nitrogens with zero attached hydrogens (tertiary/aromatic N) is 1. The van der Waals surface area contributed by atoms with Crippen molar-refractivity contribution >= 4 is 22.4 Å². The van der Waals surface area contributed by atoms with Crippen LogP contribution in [0.4, 0.5) is 0 Å². The molecule has 90 valence electrons. The lowest BCUT2D eigenvalue weighted by Gasteiger charge is -2.30. The SMILES string of the molecule is C/C=C/CS(=O)(=O)N1CCNC(C)C1.Cl. The maximum atomic E-state index is 11.7. The Balaban J connectivity index is 0.00000196. The summed E-state index contributed by atoms with van der Waals surface area (Å²) < 4.78 is 25.0. The van der Waals surface area contributed by atoms with Gasteiger partial charge in [0.05, 0.1) is 5.75 Å². The molecule has 1 N–H and O–H groups in total. The molecule has 1 aliphatic rings. The third-order valence-corrected chi connectivity index (χ3v) is 4.00. The first kappa shape index (κ1) is 14.9. The highest BCUT2D eigenvalue weighted by atomic mass is 35.5. The molecule has 0 aliphatic carbocycles. The van der Waals surface area contributed by atoms with E-state index in [0.717, 1.165) is 6.54 Å². The van der Waals surface area contributed by atoms with Gasteiger partial charge in [-0.05, 0) is 13.8 Å². The van der Waals surface area contributed by atoms with E-state index in [1.165, 1.54) is 0 Å². The average Bonchev–Trinajstić information content (AvgIpc) is 2.15. The van der Waals surface area contributed by atoms with Crippen molar-refractivity contribution in [2.24, 2.45) is 0 Å². The molecule has 1 fully saturated rings. The summed E-state index contributed by atoms with van der Waals surface area (Å²) >= 11 is 0. The van der Waals surface area contributed by atoms with E-state index in [-0.39, 0.29) is 24.2 Å². The molecule has 1 rings (SSSR count). The summed E-state index contributed by atoms with van der Waals surface area (Å²) in [6.45, 7) is 5.74. The predicted octanol–water partition coefficient (Wildman–Crippen LogP) is 0.608. The van der Waals surface area contributed by atoms with E-state index in [1.807, 2.05) is 13.8 Å². The molecule has 0 aromatic carbocycles. The van der Waals surface area contributed by atoms with E-state index in [1.54, 1.807) is 16.5 Å². The molecule has 1 saturated heterocycles. The van der Waals surface area contributed by atoms with E-state index in [2.05, 4.69) is 5.32 Å². The quantitative estimate of drug-likeness (QED) is 0.751. The molecule has 0 aromatic heterocycles. The minimum Gasteiger partial charge on any atom is -0.312 e. The molecule has 1 aliphatic heterocycles. The summed E-state index contributed by atoms with van der Waals surface area (Å²) in [5.41, 5.74) is 0. The zero-order chi connectivity index (χ0) is 10.6. The van der Waals surface area contributed by atoms with Gasteiger partial charge >= 0.3 is 0 Å². The summed E-state index contributed by atoms with van der Waals surface area (Å²) in [4.78, 5) is 0. The Labute approximate surface area is 98.2 Å². The molecule has 0 aromatic rings. The van der Waals surface area contributed by atoms with E-state index in [4.69, 9.17) is 0 Å². The molecule has 0 saturated carbocycles. The molecule has 0 spiro atoms. The molecule has 1 unspecified atom stereocenters. The number of halogens is 1. The van der Waals surface area contributed by atoms with Gasteiger partial charge in [0.2, 0.25) is 10.0 Å². The van der Waals surface area contributed by atoms with Crippen LogP contribution < -0.4 is 5.32 Å². The molecule has 4 nitrogen and oxygen atoms in total. The number of sulfonamides is 1. The minimum atomic E-state index is -3.07. The summed E-state index contributed by atoms with van der Waals surface area (Å²) in [6.07, 6.45) is 3.45. The van der Waals surface area contributed by atoms with Gasteiger partial charge in [0.15, 0.2) is 0 Å². The van der Waals surface area contributed by atoms with Gasteiger partial charge < -0.3 is 5.32 Å². The fourth-order valence-electron chi connectivity index (χ4n) is 1.47. The first-order chi connectivity index (χ1) is 6.56. The second kappa shape index (κ2) is 6.48. The predicted molar refractivity (Wildman–Crippen MR) is 64.9 cm³/mol. The van der Waals surface area contributed by atoms with Crippen molar-refractivity contribution in [2.45, 2.75) is 19.9 Å². The number of allylic oxidation sites excluding steroid dienone is 1. The van der Waals surface area contributed by atoms with Crippen molar-refractivity contribution in [3.8, 4) is 0 Å². The van der Waals surface area contributed by atoms with Crippen LogP contribution in [-0.2, 0) is 10.0 Å². The van der Waals surface area contributed by atoms with Crippen molar-refractivity contribution in [3.05, 3.63) is 12.2 Å². The van der Waals surface area contributed by atoms with Crippen LogP contribution in [0.15, 0.2) is 12.2 Å². The fourth-order valence-corrected chi connectivity index (χ4v) is 2.94. The van der Waals surface area contributed by atoms with E-state index >= 15 is 0 Å². The van der Waals surface area contributed by atoms with Gasteiger partial charge in [-0.1, -0.05) is 12.2 Å². The van der Waals surface area contributed by atoms with Gasteiger partial charge in [0, 0.05) is 25.7 Å².